The van der Waals surface area contributed by atoms with Gasteiger partial charge in [0.15, 0.2) is 12.1 Å². The van der Waals surface area contributed by atoms with Crippen LogP contribution in [0, 0.1) is 0 Å². The normalized spacial score (nSPS) is 9.86. The van der Waals surface area contributed by atoms with Gasteiger partial charge >= 0.3 is 0 Å². The van der Waals surface area contributed by atoms with Crippen LogP contribution in [0.2, 0.25) is 0 Å². The Bertz CT molecular complexity index is 363. The molecule has 1 aromatic rings. The molecule has 0 spiro atoms. The smallest absolute Gasteiger partial charge is 0.164 e. The van der Waals surface area contributed by atoms with Gasteiger partial charge in [-0.1, -0.05) is 28.1 Å². The molecule has 0 aromatic heterocycles. The van der Waals surface area contributed by atoms with Crippen molar-refractivity contribution in [3.63, 3.8) is 0 Å². The molecule has 0 heterocycles. The van der Waals surface area contributed by atoms with Crippen molar-refractivity contribution >= 4 is 39.6 Å². The second-order valence-corrected chi connectivity index (χ2v) is 3.91. The van der Waals surface area contributed by atoms with Gasteiger partial charge in [0, 0.05) is 27.9 Å². The highest BCUT2D eigenvalue weighted by atomic mass is 79.9. The predicted molar refractivity (Wildman–Crippen MR) is 59.2 cm³/mol. The molecule has 0 bridgehead atoms. The predicted octanol–water partition coefficient (Wildman–Crippen LogP) is 3.07. The average Bonchev–Trinajstić information content (AvgIpc) is 2.17. The van der Waals surface area contributed by atoms with E-state index in [-0.39, 0.29) is 18.1 Å². The van der Waals surface area contributed by atoms with E-state index in [0.29, 0.717) is 21.9 Å². The zero-order valence-electron chi connectivity index (χ0n) is 7.30. The van der Waals surface area contributed by atoms with Crippen LogP contribution in [0.5, 0.6) is 0 Å². The zero-order chi connectivity index (χ0) is 10.6. The van der Waals surface area contributed by atoms with Crippen molar-refractivity contribution in [3.05, 3.63) is 33.8 Å². The molecular weight excluding hydrogens is 267 g/mol. The van der Waals surface area contributed by atoms with Gasteiger partial charge in [-0.2, -0.15) is 0 Å². The summed E-state index contributed by atoms with van der Waals surface area (Å²) >= 11 is 8.67. The Morgan fingerprint density at radius 2 is 2.21 bits per heavy atom. The largest absolute Gasteiger partial charge is 0.298 e. The first kappa shape index (κ1) is 11.4. The maximum absolute atomic E-state index is 11.5. The maximum atomic E-state index is 11.5. The van der Waals surface area contributed by atoms with Crippen molar-refractivity contribution in [1.82, 2.24) is 0 Å². The lowest BCUT2D eigenvalue weighted by Crippen LogP contribution is -2.04. The molecule has 0 atom stereocenters. The fourth-order valence-electron chi connectivity index (χ4n) is 1.12. The minimum absolute atomic E-state index is 0.108. The number of Topliss-reactive ketones (excluding diaryl/α,β-unsaturated/α-hetero) is 1. The van der Waals surface area contributed by atoms with Crippen LogP contribution < -0.4 is 0 Å². The summed E-state index contributed by atoms with van der Waals surface area (Å²) < 4.78 is 0.632. The minimum Gasteiger partial charge on any atom is -0.298 e. The molecule has 0 aliphatic heterocycles. The average molecular weight is 276 g/mol. The summed E-state index contributed by atoms with van der Waals surface area (Å²) in [4.78, 5) is 22.3. The molecule has 0 N–H and O–H groups in total. The highest BCUT2D eigenvalue weighted by Crippen LogP contribution is 2.20. The molecule has 0 saturated carbocycles. The fourth-order valence-corrected chi connectivity index (χ4v) is 1.75. The Hall–Kier alpha value is -0.670. The number of benzene rings is 1. The van der Waals surface area contributed by atoms with Crippen molar-refractivity contribution in [1.29, 1.82) is 0 Å². The van der Waals surface area contributed by atoms with Gasteiger partial charge < -0.3 is 0 Å². The summed E-state index contributed by atoms with van der Waals surface area (Å²) in [5, 5.41) is 0. The van der Waals surface area contributed by atoms with Gasteiger partial charge in [-0.05, 0) is 6.07 Å². The number of alkyl halides is 1. The molecule has 1 rings (SSSR count). The molecule has 2 nitrogen and oxygen atoms in total. The van der Waals surface area contributed by atoms with Gasteiger partial charge in [-0.15, -0.1) is 11.6 Å². The lowest BCUT2D eigenvalue weighted by molar-refractivity contribution is 0.0982. The fraction of sp³-hybridized carbons (Fsp3) is 0.200. The van der Waals surface area contributed by atoms with Crippen molar-refractivity contribution in [2.24, 2.45) is 0 Å². The van der Waals surface area contributed by atoms with Crippen LogP contribution in [0.1, 0.15) is 27.1 Å². The third-order valence-corrected chi connectivity index (χ3v) is 2.67. The standard InChI is InChI=1S/C10H8BrClO2/c11-9-3-1-2-7(8(9)6-13)10(14)4-5-12/h1-3,6H,4-5H2. The molecule has 0 aliphatic rings. The third kappa shape index (κ3) is 2.42. The number of halogens is 2. The van der Waals surface area contributed by atoms with Crippen LogP contribution in [0.3, 0.4) is 0 Å². The second-order valence-electron chi connectivity index (χ2n) is 2.68. The Balaban J connectivity index is 3.13. The van der Waals surface area contributed by atoms with E-state index in [4.69, 9.17) is 11.6 Å². The summed E-state index contributed by atoms with van der Waals surface area (Å²) in [6, 6.07) is 5.07. The maximum Gasteiger partial charge on any atom is 0.164 e. The molecule has 0 unspecified atom stereocenters. The number of ketones is 1. The summed E-state index contributed by atoms with van der Waals surface area (Å²) in [6.45, 7) is 0. The van der Waals surface area contributed by atoms with Crippen LogP contribution in [-0.2, 0) is 0 Å². The molecule has 0 radical (unpaired) electrons. The van der Waals surface area contributed by atoms with Gasteiger partial charge in [-0.3, -0.25) is 9.59 Å². The van der Waals surface area contributed by atoms with E-state index in [1.807, 2.05) is 0 Å². The lowest BCUT2D eigenvalue weighted by Gasteiger charge is -2.03. The first-order chi connectivity index (χ1) is 6.70. The number of hydrogen-bond acceptors (Lipinski definition) is 2. The van der Waals surface area contributed by atoms with Gasteiger partial charge in [0.25, 0.3) is 0 Å². The molecular formula is C10H8BrClO2. The van der Waals surface area contributed by atoms with Crippen LogP contribution in [0.4, 0.5) is 0 Å². The SMILES string of the molecule is O=Cc1c(Br)cccc1C(=O)CCCl. The molecule has 0 saturated heterocycles. The first-order valence-corrected chi connectivity index (χ1v) is 5.36. The van der Waals surface area contributed by atoms with Crippen molar-refractivity contribution in [3.8, 4) is 0 Å². The van der Waals surface area contributed by atoms with Gasteiger partial charge in [-0.25, -0.2) is 0 Å². The molecule has 0 fully saturated rings. The molecule has 14 heavy (non-hydrogen) atoms. The van der Waals surface area contributed by atoms with Gasteiger partial charge in [0.1, 0.15) is 0 Å². The van der Waals surface area contributed by atoms with E-state index >= 15 is 0 Å². The van der Waals surface area contributed by atoms with Crippen molar-refractivity contribution in [2.45, 2.75) is 6.42 Å². The van der Waals surface area contributed by atoms with Gasteiger partial charge in [0.2, 0.25) is 0 Å². The van der Waals surface area contributed by atoms with E-state index < -0.39 is 0 Å². The van der Waals surface area contributed by atoms with E-state index in [9.17, 15) is 9.59 Å². The number of aldehydes is 1. The lowest BCUT2D eigenvalue weighted by atomic mass is 10.0. The summed E-state index contributed by atoms with van der Waals surface area (Å²) in [5.41, 5.74) is 0.817. The highest BCUT2D eigenvalue weighted by Gasteiger charge is 2.12. The summed E-state index contributed by atoms with van der Waals surface area (Å²) in [7, 11) is 0. The van der Waals surface area contributed by atoms with E-state index in [1.54, 1.807) is 18.2 Å². The number of rotatable bonds is 4. The zero-order valence-corrected chi connectivity index (χ0v) is 9.64. The molecule has 0 aliphatic carbocycles. The Labute approximate surface area is 95.4 Å². The van der Waals surface area contributed by atoms with Crippen LogP contribution >= 0.6 is 27.5 Å². The molecule has 74 valence electrons. The topological polar surface area (TPSA) is 34.1 Å². The molecule has 4 heteroatoms. The van der Waals surface area contributed by atoms with Crippen LogP contribution in [0.15, 0.2) is 22.7 Å². The highest BCUT2D eigenvalue weighted by molar-refractivity contribution is 9.10. The summed E-state index contributed by atoms with van der Waals surface area (Å²) in [5.74, 6) is 0.160. The van der Waals surface area contributed by atoms with Crippen molar-refractivity contribution in [2.75, 3.05) is 5.88 Å². The Morgan fingerprint density at radius 1 is 1.50 bits per heavy atom. The van der Waals surface area contributed by atoms with Gasteiger partial charge in [0.05, 0.1) is 0 Å². The minimum atomic E-state index is -0.108. The number of carbonyl (C=O) groups excluding carboxylic acids is 2. The van der Waals surface area contributed by atoms with E-state index in [2.05, 4.69) is 15.9 Å². The Morgan fingerprint density at radius 3 is 2.79 bits per heavy atom. The first-order valence-electron chi connectivity index (χ1n) is 4.03. The van der Waals surface area contributed by atoms with E-state index in [0.717, 1.165) is 0 Å². The van der Waals surface area contributed by atoms with E-state index in [1.165, 1.54) is 0 Å². The van der Waals surface area contributed by atoms with Crippen LogP contribution in [-0.4, -0.2) is 17.9 Å². The second kappa shape index (κ2) is 5.27. The monoisotopic (exact) mass is 274 g/mol. The molecule has 1 aromatic carbocycles. The third-order valence-electron chi connectivity index (χ3n) is 1.79. The Kier molecular flexibility index (Phi) is 4.29. The molecule has 0 amide bonds. The number of carbonyl (C=O) groups is 2. The van der Waals surface area contributed by atoms with Crippen LogP contribution in [0.25, 0.3) is 0 Å². The van der Waals surface area contributed by atoms with Crippen molar-refractivity contribution < 1.29 is 9.59 Å². The summed E-state index contributed by atoms with van der Waals surface area (Å²) in [6.07, 6.45) is 0.921. The number of hydrogen-bond donors (Lipinski definition) is 0. The quantitative estimate of drug-likeness (QED) is 0.481.